The van der Waals surface area contributed by atoms with Crippen molar-refractivity contribution in [2.45, 2.75) is 52.0 Å². The molecule has 2 atom stereocenters. The van der Waals surface area contributed by atoms with Crippen molar-refractivity contribution in [3.63, 3.8) is 0 Å². The summed E-state index contributed by atoms with van der Waals surface area (Å²) in [6.07, 6.45) is 3.31. The number of nitrogens with zero attached hydrogens (tertiary/aromatic N) is 2. The van der Waals surface area contributed by atoms with Crippen LogP contribution in [-0.2, 0) is 26.5 Å². The Morgan fingerprint density at radius 1 is 1.35 bits per heavy atom. The summed E-state index contributed by atoms with van der Waals surface area (Å²) in [4.78, 5) is 8.66. The Labute approximate surface area is 125 Å². The molecule has 112 valence electrons. The molecule has 0 amide bonds. The Morgan fingerprint density at radius 2 is 1.90 bits per heavy atom. The minimum atomic E-state index is -2.48. The van der Waals surface area contributed by atoms with Gasteiger partial charge in [-0.1, -0.05) is 20.8 Å². The van der Waals surface area contributed by atoms with Crippen LogP contribution < -0.4 is 4.52 Å². The Morgan fingerprint density at radius 3 is 2.30 bits per heavy atom. The van der Waals surface area contributed by atoms with Gasteiger partial charge in [-0.2, -0.15) is 0 Å². The van der Waals surface area contributed by atoms with E-state index in [-0.39, 0.29) is 17.4 Å². The Hall–Kier alpha value is -0.550. The number of hydrogen-bond donors (Lipinski definition) is 0. The fourth-order valence-electron chi connectivity index (χ4n) is 1.57. The molecule has 1 aromatic rings. The quantitative estimate of drug-likeness (QED) is 0.614. The average molecular weight is 316 g/mol. The van der Waals surface area contributed by atoms with Crippen LogP contribution in [0.5, 0.6) is 5.75 Å². The van der Waals surface area contributed by atoms with Crippen LogP contribution >= 0.6 is 6.49 Å². The summed E-state index contributed by atoms with van der Waals surface area (Å²) in [5.41, 5.74) is -0.0905. The molecule has 2 unspecified atom stereocenters. The zero-order valence-electron chi connectivity index (χ0n) is 12.5. The zero-order chi connectivity index (χ0) is 15.0. The predicted molar refractivity (Wildman–Crippen MR) is 81.6 cm³/mol. The molecule has 0 N–H and O–H groups in total. The summed E-state index contributed by atoms with van der Waals surface area (Å²) in [6.45, 7) is 8.18. The molecule has 0 aromatic carbocycles. The summed E-state index contributed by atoms with van der Waals surface area (Å²) in [7, 11) is 0. The molecular weight excluding hydrogens is 295 g/mol. The fourth-order valence-corrected chi connectivity index (χ4v) is 4.43. The van der Waals surface area contributed by atoms with E-state index >= 15 is 0 Å². The number of ether oxygens (including phenoxy) is 1. The lowest BCUT2D eigenvalue weighted by Crippen LogP contribution is -2.16. The summed E-state index contributed by atoms with van der Waals surface area (Å²) >= 11 is 5.54. The molecule has 1 saturated heterocycles. The molecule has 1 aliphatic heterocycles. The third-order valence-electron chi connectivity index (χ3n) is 2.56. The van der Waals surface area contributed by atoms with Crippen molar-refractivity contribution in [2.75, 3.05) is 6.61 Å². The monoisotopic (exact) mass is 316 g/mol. The first-order chi connectivity index (χ1) is 9.21. The lowest BCUT2D eigenvalue weighted by Gasteiger charge is -2.23. The summed E-state index contributed by atoms with van der Waals surface area (Å²) < 4.78 is 16.9. The standard InChI is InChI=1S/C13H21N2O3PS/c1-9(2)17-19(20,11-8-16-11)18-10-6-14-12(15-7-10)13(3,4)5/h6-7,9,11H,8H2,1-5H3. The van der Waals surface area contributed by atoms with E-state index in [0.29, 0.717) is 12.4 Å². The van der Waals surface area contributed by atoms with Crippen molar-refractivity contribution in [1.82, 2.24) is 9.97 Å². The van der Waals surface area contributed by atoms with Crippen LogP contribution in [0.3, 0.4) is 0 Å². The molecule has 2 rings (SSSR count). The van der Waals surface area contributed by atoms with Crippen molar-refractivity contribution in [1.29, 1.82) is 0 Å². The van der Waals surface area contributed by atoms with E-state index in [9.17, 15) is 0 Å². The highest BCUT2D eigenvalue weighted by molar-refractivity contribution is 8.10. The SMILES string of the molecule is CC(C)OP(=S)(Oc1cnc(C(C)(C)C)nc1)C1CO1. The molecule has 20 heavy (non-hydrogen) atoms. The van der Waals surface area contributed by atoms with Crippen LogP contribution in [0.4, 0.5) is 0 Å². The predicted octanol–water partition coefficient (Wildman–Crippen LogP) is 3.24. The van der Waals surface area contributed by atoms with Gasteiger partial charge in [-0.25, -0.2) is 9.97 Å². The van der Waals surface area contributed by atoms with Gasteiger partial charge < -0.3 is 13.8 Å². The van der Waals surface area contributed by atoms with Crippen LogP contribution in [0.1, 0.15) is 40.4 Å². The van der Waals surface area contributed by atoms with E-state index in [2.05, 4.69) is 30.7 Å². The molecule has 1 aromatic heterocycles. The maximum absolute atomic E-state index is 5.86. The van der Waals surface area contributed by atoms with Gasteiger partial charge in [0.1, 0.15) is 5.82 Å². The largest absolute Gasteiger partial charge is 0.438 e. The Bertz CT molecular complexity index is 509. The third kappa shape index (κ3) is 3.98. The Balaban J connectivity index is 2.13. The lowest BCUT2D eigenvalue weighted by molar-refractivity contribution is 0.233. The fraction of sp³-hybridized carbons (Fsp3) is 0.692. The van der Waals surface area contributed by atoms with Gasteiger partial charge in [0, 0.05) is 5.41 Å². The van der Waals surface area contributed by atoms with Gasteiger partial charge in [0.2, 0.25) is 0 Å². The molecule has 0 radical (unpaired) electrons. The molecule has 1 aliphatic rings. The first-order valence-electron chi connectivity index (χ1n) is 6.62. The van der Waals surface area contributed by atoms with Gasteiger partial charge >= 0.3 is 0 Å². The van der Waals surface area contributed by atoms with E-state index < -0.39 is 6.49 Å². The molecule has 0 spiro atoms. The van der Waals surface area contributed by atoms with E-state index in [4.69, 9.17) is 25.6 Å². The number of hydrogen-bond acceptors (Lipinski definition) is 6. The van der Waals surface area contributed by atoms with Gasteiger partial charge in [0.05, 0.1) is 25.1 Å². The maximum Gasteiger partial charge on any atom is 0.269 e. The van der Waals surface area contributed by atoms with Gasteiger partial charge in [0.25, 0.3) is 6.49 Å². The van der Waals surface area contributed by atoms with E-state index in [1.165, 1.54) is 0 Å². The first-order valence-corrected chi connectivity index (χ1v) is 9.33. The number of aromatic nitrogens is 2. The zero-order valence-corrected chi connectivity index (χ0v) is 14.2. The smallest absolute Gasteiger partial charge is 0.269 e. The Kier molecular flexibility index (Phi) is 4.50. The highest BCUT2D eigenvalue weighted by Gasteiger charge is 2.43. The van der Waals surface area contributed by atoms with Crippen LogP contribution in [0.25, 0.3) is 0 Å². The van der Waals surface area contributed by atoms with Crippen LogP contribution in [0, 0.1) is 0 Å². The van der Waals surface area contributed by atoms with Crippen LogP contribution in [0.2, 0.25) is 0 Å². The molecule has 0 aliphatic carbocycles. The number of epoxide rings is 1. The summed E-state index contributed by atoms with van der Waals surface area (Å²) in [5, 5.41) is 0. The summed E-state index contributed by atoms with van der Waals surface area (Å²) in [5.74, 6) is 1.20. The van der Waals surface area contributed by atoms with Crippen molar-refractivity contribution in [2.24, 2.45) is 0 Å². The van der Waals surface area contributed by atoms with Gasteiger partial charge in [-0.15, -0.1) is 0 Å². The first kappa shape index (κ1) is 15.8. The van der Waals surface area contributed by atoms with Gasteiger partial charge in [0.15, 0.2) is 11.6 Å². The normalized spacial score (nSPS) is 21.6. The molecule has 2 heterocycles. The van der Waals surface area contributed by atoms with Crippen molar-refractivity contribution >= 4 is 18.3 Å². The molecule has 5 nitrogen and oxygen atoms in total. The van der Waals surface area contributed by atoms with Crippen molar-refractivity contribution in [3.05, 3.63) is 18.2 Å². The lowest BCUT2D eigenvalue weighted by atomic mass is 9.96. The van der Waals surface area contributed by atoms with Crippen molar-refractivity contribution < 1.29 is 13.8 Å². The second-order valence-electron chi connectivity index (χ2n) is 6.07. The number of rotatable bonds is 5. The maximum atomic E-state index is 5.86. The summed E-state index contributed by atoms with van der Waals surface area (Å²) in [6, 6.07) is 0. The molecular formula is C13H21N2O3PS. The average Bonchev–Trinajstić information content (AvgIpc) is 3.10. The van der Waals surface area contributed by atoms with E-state index in [0.717, 1.165) is 5.82 Å². The minimum Gasteiger partial charge on any atom is -0.438 e. The second-order valence-corrected chi connectivity index (χ2v) is 9.64. The third-order valence-corrected chi connectivity index (χ3v) is 5.93. The molecule has 0 bridgehead atoms. The topological polar surface area (TPSA) is 56.8 Å². The highest BCUT2D eigenvalue weighted by atomic mass is 32.5. The van der Waals surface area contributed by atoms with Crippen LogP contribution in [0.15, 0.2) is 12.4 Å². The molecule has 1 fully saturated rings. The minimum absolute atomic E-state index is 0.000185. The molecule has 0 saturated carbocycles. The van der Waals surface area contributed by atoms with Crippen molar-refractivity contribution in [3.8, 4) is 5.75 Å². The highest BCUT2D eigenvalue weighted by Crippen LogP contribution is 2.59. The van der Waals surface area contributed by atoms with Crippen LogP contribution in [-0.4, -0.2) is 28.5 Å². The van der Waals surface area contributed by atoms with E-state index in [1.807, 2.05) is 13.8 Å². The van der Waals surface area contributed by atoms with E-state index in [1.54, 1.807) is 12.4 Å². The molecule has 7 heteroatoms. The van der Waals surface area contributed by atoms with Gasteiger partial charge in [-0.3, -0.25) is 0 Å². The van der Waals surface area contributed by atoms with Gasteiger partial charge in [-0.05, 0) is 25.7 Å². The second kappa shape index (κ2) is 5.68.